The fourth-order valence-electron chi connectivity index (χ4n) is 3.50. The minimum Gasteiger partial charge on any atom is -0.462 e. The van der Waals surface area contributed by atoms with Gasteiger partial charge in [-0.2, -0.15) is 0 Å². The standard InChI is InChI=1S/C28H34I3N3O12/c1-6-7-42-13-22(40)34-27-25(30)20(8-21(39)32-9-18(45-16(4)37)11-43-14(2)35)24(29)23(26(27)31)28(41)33-10-19(46-17(5)38)12-44-15(3)36/h6,18-19H,1,7-13H2,2-5H3,(H,32,39)(H,33,41)(H,34,40). The van der Waals surface area contributed by atoms with Gasteiger partial charge in [-0.05, 0) is 73.3 Å². The lowest BCUT2D eigenvalue weighted by molar-refractivity contribution is -0.156. The minimum atomic E-state index is -0.979. The molecule has 0 bridgehead atoms. The average molecular weight is 985 g/mol. The molecule has 1 aromatic carbocycles. The van der Waals surface area contributed by atoms with E-state index in [0.29, 0.717) is 16.3 Å². The van der Waals surface area contributed by atoms with E-state index in [4.69, 9.17) is 23.7 Å². The highest BCUT2D eigenvalue weighted by atomic mass is 127. The SMILES string of the molecule is C=CCOCC(=O)Nc1c(I)c(CC(=O)NCC(COC(C)=O)OC(C)=O)c(I)c(C(=O)NCC(COC(C)=O)OC(C)=O)c1I. The summed E-state index contributed by atoms with van der Waals surface area (Å²) in [4.78, 5) is 84.8. The Morgan fingerprint density at radius 2 is 1.26 bits per heavy atom. The summed E-state index contributed by atoms with van der Waals surface area (Å²) in [7, 11) is 0. The van der Waals surface area contributed by atoms with Gasteiger partial charge in [0.05, 0.1) is 40.9 Å². The predicted octanol–water partition coefficient (Wildman–Crippen LogP) is 2.02. The number of hydrogen-bond donors (Lipinski definition) is 3. The molecule has 1 rings (SSSR count). The molecule has 3 N–H and O–H groups in total. The zero-order valence-corrected chi connectivity index (χ0v) is 31.9. The lowest BCUT2D eigenvalue weighted by Gasteiger charge is -2.22. The number of ether oxygens (including phenoxy) is 5. The third-order valence-electron chi connectivity index (χ3n) is 5.33. The second-order valence-corrected chi connectivity index (χ2v) is 12.5. The van der Waals surface area contributed by atoms with Gasteiger partial charge in [-0.1, -0.05) is 6.08 Å². The zero-order valence-electron chi connectivity index (χ0n) is 25.4. The molecule has 254 valence electrons. The molecule has 46 heavy (non-hydrogen) atoms. The zero-order chi connectivity index (χ0) is 35.0. The molecule has 1 aromatic rings. The maximum absolute atomic E-state index is 13.5. The van der Waals surface area contributed by atoms with E-state index >= 15 is 0 Å². The Hall–Kier alpha value is -2.60. The minimum absolute atomic E-state index is 0.119. The first-order valence-corrected chi connectivity index (χ1v) is 16.6. The molecule has 0 aliphatic rings. The van der Waals surface area contributed by atoms with Crippen LogP contribution < -0.4 is 16.0 Å². The molecule has 0 heterocycles. The van der Waals surface area contributed by atoms with E-state index in [-0.39, 0.29) is 57.2 Å². The summed E-state index contributed by atoms with van der Waals surface area (Å²) in [5.74, 6) is -4.14. The Kier molecular flexibility index (Phi) is 19.2. The molecule has 0 saturated carbocycles. The Bertz CT molecular complexity index is 1340. The van der Waals surface area contributed by atoms with Crippen LogP contribution in [0.1, 0.15) is 43.6 Å². The van der Waals surface area contributed by atoms with E-state index in [1.807, 2.05) is 67.8 Å². The van der Waals surface area contributed by atoms with Gasteiger partial charge in [0.25, 0.3) is 5.91 Å². The fraction of sp³-hybridized carbons (Fsp3) is 0.464. The number of halogens is 3. The van der Waals surface area contributed by atoms with Crippen LogP contribution in [0.25, 0.3) is 0 Å². The van der Waals surface area contributed by atoms with E-state index in [1.54, 1.807) is 0 Å². The number of carbonyl (C=O) groups is 7. The monoisotopic (exact) mass is 985 g/mol. The summed E-state index contributed by atoms with van der Waals surface area (Å²) < 4.78 is 26.5. The highest BCUT2D eigenvalue weighted by Gasteiger charge is 2.28. The number of benzene rings is 1. The third-order valence-corrected chi connectivity index (χ3v) is 8.79. The summed E-state index contributed by atoms with van der Waals surface area (Å²) >= 11 is 5.78. The van der Waals surface area contributed by atoms with Crippen LogP contribution in [-0.4, -0.2) is 93.3 Å². The van der Waals surface area contributed by atoms with Crippen LogP contribution in [0, 0.1) is 10.7 Å². The molecule has 18 heteroatoms. The van der Waals surface area contributed by atoms with Crippen molar-refractivity contribution in [3.8, 4) is 0 Å². The second-order valence-electron chi connectivity index (χ2n) is 9.28. The lowest BCUT2D eigenvalue weighted by Crippen LogP contribution is -2.39. The summed E-state index contributed by atoms with van der Waals surface area (Å²) in [6.07, 6.45) is -0.697. The fourth-order valence-corrected chi connectivity index (χ4v) is 7.80. The van der Waals surface area contributed by atoms with Crippen molar-refractivity contribution in [3.05, 3.63) is 34.5 Å². The summed E-state index contributed by atoms with van der Waals surface area (Å²) in [6.45, 7) is 7.15. The maximum atomic E-state index is 13.5. The van der Waals surface area contributed by atoms with E-state index < -0.39 is 53.8 Å². The molecule has 0 aliphatic heterocycles. The normalized spacial score (nSPS) is 11.7. The maximum Gasteiger partial charge on any atom is 0.303 e. The number of carbonyl (C=O) groups excluding carboxylic acids is 7. The van der Waals surface area contributed by atoms with Gasteiger partial charge in [-0.3, -0.25) is 33.6 Å². The molecule has 0 fully saturated rings. The van der Waals surface area contributed by atoms with Gasteiger partial charge >= 0.3 is 23.9 Å². The summed E-state index contributed by atoms with van der Waals surface area (Å²) in [5, 5.41) is 8.02. The second kappa shape index (κ2) is 21.3. The molecule has 15 nitrogen and oxygen atoms in total. The van der Waals surface area contributed by atoms with Crippen LogP contribution in [-0.2, 0) is 58.9 Å². The van der Waals surface area contributed by atoms with Crippen LogP contribution in [0.5, 0.6) is 0 Å². The molecular formula is C28H34I3N3O12. The number of esters is 4. The average Bonchev–Trinajstić information content (AvgIpc) is 2.95. The molecule has 0 aromatic heterocycles. The van der Waals surface area contributed by atoms with Gasteiger partial charge < -0.3 is 39.6 Å². The van der Waals surface area contributed by atoms with Gasteiger partial charge in [0.1, 0.15) is 19.8 Å². The van der Waals surface area contributed by atoms with Gasteiger partial charge in [-0.15, -0.1) is 6.58 Å². The van der Waals surface area contributed by atoms with Crippen LogP contribution in [0.4, 0.5) is 5.69 Å². The van der Waals surface area contributed by atoms with Crippen molar-refractivity contribution in [3.63, 3.8) is 0 Å². The topological polar surface area (TPSA) is 202 Å². The van der Waals surface area contributed by atoms with Crippen LogP contribution >= 0.6 is 67.8 Å². The van der Waals surface area contributed by atoms with Gasteiger partial charge in [-0.25, -0.2) is 0 Å². The quantitative estimate of drug-likeness (QED) is 0.0637. The first-order valence-electron chi connectivity index (χ1n) is 13.4. The van der Waals surface area contributed by atoms with Crippen molar-refractivity contribution in [2.75, 3.05) is 44.8 Å². The van der Waals surface area contributed by atoms with Crippen molar-refractivity contribution < 1.29 is 57.2 Å². The highest BCUT2D eigenvalue weighted by Crippen LogP contribution is 2.36. The smallest absolute Gasteiger partial charge is 0.303 e. The molecule has 2 atom stereocenters. The largest absolute Gasteiger partial charge is 0.462 e. The molecule has 0 radical (unpaired) electrons. The molecule has 0 saturated heterocycles. The van der Waals surface area contributed by atoms with Crippen LogP contribution in [0.2, 0.25) is 0 Å². The Morgan fingerprint density at radius 3 is 1.74 bits per heavy atom. The van der Waals surface area contributed by atoms with Crippen molar-refractivity contribution >= 4 is 115 Å². The van der Waals surface area contributed by atoms with Crippen molar-refractivity contribution in [1.82, 2.24) is 10.6 Å². The molecule has 3 amide bonds. The Balaban J connectivity index is 3.40. The number of hydrogen-bond acceptors (Lipinski definition) is 12. The van der Waals surface area contributed by atoms with E-state index in [1.165, 1.54) is 33.8 Å². The number of nitrogens with one attached hydrogen (secondary N) is 3. The van der Waals surface area contributed by atoms with Gasteiger partial charge in [0, 0.05) is 34.8 Å². The first-order chi connectivity index (χ1) is 21.6. The first kappa shape index (κ1) is 41.4. The van der Waals surface area contributed by atoms with Gasteiger partial charge in [0.2, 0.25) is 11.8 Å². The lowest BCUT2D eigenvalue weighted by atomic mass is 10.0. The van der Waals surface area contributed by atoms with E-state index in [0.717, 1.165) is 0 Å². The molecular weight excluding hydrogens is 951 g/mol. The third kappa shape index (κ3) is 15.3. The van der Waals surface area contributed by atoms with Crippen LogP contribution in [0.3, 0.4) is 0 Å². The number of rotatable bonds is 18. The molecule has 0 aliphatic carbocycles. The van der Waals surface area contributed by atoms with E-state index in [2.05, 4.69) is 22.5 Å². The summed E-state index contributed by atoms with van der Waals surface area (Å²) in [6, 6.07) is 0. The number of amides is 3. The Labute approximate surface area is 306 Å². The van der Waals surface area contributed by atoms with Crippen molar-refractivity contribution in [2.45, 2.75) is 46.3 Å². The predicted molar refractivity (Wildman–Crippen MR) is 188 cm³/mol. The highest BCUT2D eigenvalue weighted by molar-refractivity contribution is 14.1. The van der Waals surface area contributed by atoms with Crippen molar-refractivity contribution in [1.29, 1.82) is 0 Å². The van der Waals surface area contributed by atoms with E-state index in [9.17, 15) is 33.6 Å². The van der Waals surface area contributed by atoms with Gasteiger partial charge in [0.15, 0.2) is 12.2 Å². The molecule has 0 spiro atoms. The summed E-state index contributed by atoms with van der Waals surface area (Å²) in [5.41, 5.74) is 0.770. The van der Waals surface area contributed by atoms with Crippen LogP contribution in [0.15, 0.2) is 12.7 Å². The van der Waals surface area contributed by atoms with Crippen molar-refractivity contribution in [2.24, 2.45) is 0 Å². The number of anilines is 1. The Morgan fingerprint density at radius 1 is 0.739 bits per heavy atom. The molecule has 2 unspecified atom stereocenters.